The van der Waals surface area contributed by atoms with Gasteiger partial charge >= 0.3 is 0 Å². The standard InChI is InChI=1S/C15H15ClN2O3/c1-10-6-7-13(14(8-10)18(20)21)17-9-15(19)11-4-2-3-5-12(11)16/h2-8,15,17,19H,9H2,1H3. The molecule has 0 aliphatic carbocycles. The van der Waals surface area contributed by atoms with E-state index in [1.54, 1.807) is 43.3 Å². The number of halogens is 1. The zero-order valence-electron chi connectivity index (χ0n) is 11.4. The number of aliphatic hydroxyl groups excluding tert-OH is 1. The number of aliphatic hydroxyl groups is 1. The van der Waals surface area contributed by atoms with E-state index in [0.717, 1.165) is 5.56 Å². The summed E-state index contributed by atoms with van der Waals surface area (Å²) < 4.78 is 0. The van der Waals surface area contributed by atoms with Crippen LogP contribution in [0.3, 0.4) is 0 Å². The third-order valence-electron chi connectivity index (χ3n) is 3.10. The molecule has 1 atom stereocenters. The molecule has 0 saturated carbocycles. The number of nitrogens with one attached hydrogen (secondary N) is 1. The highest BCUT2D eigenvalue weighted by atomic mass is 35.5. The zero-order chi connectivity index (χ0) is 15.4. The Bertz CT molecular complexity index is 661. The van der Waals surface area contributed by atoms with E-state index in [0.29, 0.717) is 16.3 Å². The Morgan fingerprint density at radius 2 is 2.05 bits per heavy atom. The Morgan fingerprint density at radius 3 is 2.71 bits per heavy atom. The molecule has 0 bridgehead atoms. The minimum Gasteiger partial charge on any atom is -0.387 e. The fraction of sp³-hybridized carbons (Fsp3) is 0.200. The number of nitro groups is 1. The Morgan fingerprint density at radius 1 is 1.33 bits per heavy atom. The smallest absolute Gasteiger partial charge is 0.292 e. The Balaban J connectivity index is 2.13. The molecule has 2 aromatic rings. The van der Waals surface area contributed by atoms with Gasteiger partial charge in [-0.25, -0.2) is 0 Å². The monoisotopic (exact) mass is 306 g/mol. The summed E-state index contributed by atoms with van der Waals surface area (Å²) in [5.41, 5.74) is 1.75. The second-order valence-electron chi connectivity index (χ2n) is 4.70. The quantitative estimate of drug-likeness (QED) is 0.652. The van der Waals surface area contributed by atoms with E-state index in [4.69, 9.17) is 11.6 Å². The van der Waals surface area contributed by atoms with Gasteiger partial charge in [0.05, 0.1) is 11.0 Å². The number of hydrogen-bond acceptors (Lipinski definition) is 4. The van der Waals surface area contributed by atoms with Crippen molar-refractivity contribution in [3.63, 3.8) is 0 Å². The molecule has 0 spiro atoms. The van der Waals surface area contributed by atoms with Crippen molar-refractivity contribution in [1.82, 2.24) is 0 Å². The first kappa shape index (κ1) is 15.3. The molecule has 0 aliphatic rings. The second-order valence-corrected chi connectivity index (χ2v) is 5.10. The van der Waals surface area contributed by atoms with Gasteiger partial charge in [0, 0.05) is 23.2 Å². The van der Waals surface area contributed by atoms with Crippen LogP contribution in [0, 0.1) is 17.0 Å². The lowest BCUT2D eigenvalue weighted by molar-refractivity contribution is -0.384. The lowest BCUT2D eigenvalue weighted by Crippen LogP contribution is -2.13. The first-order valence-electron chi connectivity index (χ1n) is 6.40. The minimum atomic E-state index is -0.848. The second kappa shape index (κ2) is 6.56. The lowest BCUT2D eigenvalue weighted by atomic mass is 10.1. The van der Waals surface area contributed by atoms with Crippen molar-refractivity contribution >= 4 is 23.0 Å². The van der Waals surface area contributed by atoms with E-state index in [9.17, 15) is 15.2 Å². The van der Waals surface area contributed by atoms with Crippen LogP contribution in [0.5, 0.6) is 0 Å². The highest BCUT2D eigenvalue weighted by Crippen LogP contribution is 2.27. The Kier molecular flexibility index (Phi) is 4.77. The lowest BCUT2D eigenvalue weighted by Gasteiger charge is -2.14. The molecule has 6 heteroatoms. The predicted octanol–water partition coefficient (Wildman–Crippen LogP) is 3.70. The van der Waals surface area contributed by atoms with Crippen LogP contribution in [0.2, 0.25) is 5.02 Å². The fourth-order valence-electron chi connectivity index (χ4n) is 2.00. The van der Waals surface area contributed by atoms with Gasteiger partial charge in [0.1, 0.15) is 5.69 Å². The number of nitrogens with zero attached hydrogens (tertiary/aromatic N) is 1. The minimum absolute atomic E-state index is 0.0126. The van der Waals surface area contributed by atoms with Gasteiger partial charge in [-0.3, -0.25) is 10.1 Å². The molecule has 0 amide bonds. The van der Waals surface area contributed by atoms with E-state index >= 15 is 0 Å². The molecule has 21 heavy (non-hydrogen) atoms. The average molecular weight is 307 g/mol. The highest BCUT2D eigenvalue weighted by Gasteiger charge is 2.16. The van der Waals surface area contributed by atoms with E-state index < -0.39 is 11.0 Å². The third kappa shape index (κ3) is 3.71. The summed E-state index contributed by atoms with van der Waals surface area (Å²) in [7, 11) is 0. The van der Waals surface area contributed by atoms with Gasteiger partial charge in [0.15, 0.2) is 0 Å². The maximum absolute atomic E-state index is 11.0. The van der Waals surface area contributed by atoms with Crippen LogP contribution < -0.4 is 5.32 Å². The van der Waals surface area contributed by atoms with Crippen molar-refractivity contribution in [2.45, 2.75) is 13.0 Å². The molecule has 1 unspecified atom stereocenters. The van der Waals surface area contributed by atoms with E-state index in [-0.39, 0.29) is 12.2 Å². The SMILES string of the molecule is Cc1ccc(NCC(O)c2ccccc2Cl)c([N+](=O)[O-])c1. The van der Waals surface area contributed by atoms with E-state index in [2.05, 4.69) is 5.32 Å². The number of aryl methyl sites for hydroxylation is 1. The van der Waals surface area contributed by atoms with Crippen molar-refractivity contribution in [2.75, 3.05) is 11.9 Å². The number of nitro benzene ring substituents is 1. The summed E-state index contributed by atoms with van der Waals surface area (Å²) in [6.07, 6.45) is -0.848. The van der Waals surface area contributed by atoms with Gasteiger partial charge in [-0.1, -0.05) is 35.9 Å². The summed E-state index contributed by atoms with van der Waals surface area (Å²) >= 11 is 6.01. The third-order valence-corrected chi connectivity index (χ3v) is 3.44. The Labute approximate surface area is 127 Å². The molecular weight excluding hydrogens is 292 g/mol. The summed E-state index contributed by atoms with van der Waals surface area (Å²) in [6, 6.07) is 11.9. The molecular formula is C15H15ClN2O3. The number of hydrogen-bond donors (Lipinski definition) is 2. The van der Waals surface area contributed by atoms with Crippen molar-refractivity contribution in [1.29, 1.82) is 0 Å². The van der Waals surface area contributed by atoms with Crippen LogP contribution in [0.4, 0.5) is 11.4 Å². The van der Waals surface area contributed by atoms with E-state index in [1.165, 1.54) is 6.07 Å². The van der Waals surface area contributed by atoms with Gasteiger partial charge in [-0.2, -0.15) is 0 Å². The van der Waals surface area contributed by atoms with Gasteiger partial charge in [-0.05, 0) is 24.6 Å². The first-order chi connectivity index (χ1) is 9.99. The molecule has 2 aromatic carbocycles. The van der Waals surface area contributed by atoms with Gasteiger partial charge in [0.25, 0.3) is 5.69 Å². The number of anilines is 1. The summed E-state index contributed by atoms with van der Waals surface area (Å²) in [4.78, 5) is 10.6. The van der Waals surface area contributed by atoms with Crippen LogP contribution >= 0.6 is 11.6 Å². The van der Waals surface area contributed by atoms with Gasteiger partial charge in [-0.15, -0.1) is 0 Å². The summed E-state index contributed by atoms with van der Waals surface area (Å²) in [6.45, 7) is 1.92. The topological polar surface area (TPSA) is 75.4 Å². The maximum Gasteiger partial charge on any atom is 0.292 e. The normalized spacial score (nSPS) is 12.0. The molecule has 2 rings (SSSR count). The number of benzene rings is 2. The average Bonchev–Trinajstić information content (AvgIpc) is 2.46. The number of rotatable bonds is 5. The molecule has 110 valence electrons. The Hall–Kier alpha value is -2.11. The summed E-state index contributed by atoms with van der Waals surface area (Å²) in [5, 5.41) is 24.5. The molecule has 0 radical (unpaired) electrons. The maximum atomic E-state index is 11.0. The molecule has 0 fully saturated rings. The van der Waals surface area contributed by atoms with Crippen LogP contribution in [-0.4, -0.2) is 16.6 Å². The largest absolute Gasteiger partial charge is 0.387 e. The van der Waals surface area contributed by atoms with Gasteiger partial charge < -0.3 is 10.4 Å². The first-order valence-corrected chi connectivity index (χ1v) is 6.78. The molecule has 0 aliphatic heterocycles. The van der Waals surface area contributed by atoms with Crippen molar-refractivity contribution in [3.05, 3.63) is 68.7 Å². The highest BCUT2D eigenvalue weighted by molar-refractivity contribution is 6.31. The van der Waals surface area contributed by atoms with Crippen molar-refractivity contribution in [2.24, 2.45) is 0 Å². The van der Waals surface area contributed by atoms with E-state index in [1.807, 2.05) is 0 Å². The van der Waals surface area contributed by atoms with Crippen LogP contribution in [-0.2, 0) is 0 Å². The molecule has 5 nitrogen and oxygen atoms in total. The molecule has 0 aromatic heterocycles. The fourth-order valence-corrected chi connectivity index (χ4v) is 2.27. The molecule has 2 N–H and O–H groups in total. The summed E-state index contributed by atoms with van der Waals surface area (Å²) in [5.74, 6) is 0. The van der Waals surface area contributed by atoms with Crippen LogP contribution in [0.25, 0.3) is 0 Å². The molecule has 0 saturated heterocycles. The van der Waals surface area contributed by atoms with Crippen LogP contribution in [0.1, 0.15) is 17.2 Å². The molecule has 0 heterocycles. The van der Waals surface area contributed by atoms with Crippen molar-refractivity contribution in [3.8, 4) is 0 Å². The van der Waals surface area contributed by atoms with Crippen molar-refractivity contribution < 1.29 is 10.0 Å². The van der Waals surface area contributed by atoms with Gasteiger partial charge in [0.2, 0.25) is 0 Å². The zero-order valence-corrected chi connectivity index (χ0v) is 12.2. The predicted molar refractivity (Wildman–Crippen MR) is 82.7 cm³/mol. The van der Waals surface area contributed by atoms with Crippen LogP contribution in [0.15, 0.2) is 42.5 Å².